The fourth-order valence-electron chi connectivity index (χ4n) is 5.14. The lowest BCUT2D eigenvalue weighted by Gasteiger charge is -2.36. The van der Waals surface area contributed by atoms with Crippen molar-refractivity contribution in [1.82, 2.24) is 20.1 Å². The molecule has 2 aliphatic rings. The number of aliphatic hydroxyl groups is 1. The summed E-state index contributed by atoms with van der Waals surface area (Å²) >= 11 is 6.68. The highest BCUT2D eigenvalue weighted by Gasteiger charge is 2.36. The number of nitrogens with one attached hydrogen (secondary N) is 1. The number of ether oxygens (including phenoxy) is 1. The summed E-state index contributed by atoms with van der Waals surface area (Å²) in [6.07, 6.45) is -1.12. The van der Waals surface area contributed by atoms with Crippen LogP contribution in [0.5, 0.6) is 0 Å². The lowest BCUT2D eigenvalue weighted by molar-refractivity contribution is -0.138. The molecule has 0 aliphatic carbocycles. The number of hydrogen-bond acceptors (Lipinski definition) is 9. The average Bonchev–Trinajstić information content (AvgIpc) is 3.41. The first-order chi connectivity index (χ1) is 20.2. The van der Waals surface area contributed by atoms with Crippen molar-refractivity contribution < 1.29 is 27.5 Å². The number of aromatic nitrogens is 4. The number of fused-ring (bicyclic) bond motifs is 1. The van der Waals surface area contributed by atoms with Crippen molar-refractivity contribution in [2.45, 2.75) is 44.8 Å². The molecule has 2 aromatic carbocycles. The first-order valence-corrected chi connectivity index (χ1v) is 13.7. The lowest BCUT2D eigenvalue weighted by atomic mass is 9.95. The molecule has 1 atom stereocenters. The Labute approximate surface area is 244 Å². The van der Waals surface area contributed by atoms with Gasteiger partial charge in [0.15, 0.2) is 6.23 Å². The fraction of sp³-hybridized carbons (Fsp3) is 0.310. The van der Waals surface area contributed by atoms with Crippen LogP contribution < -0.4 is 10.2 Å². The molecule has 1 unspecified atom stereocenters. The van der Waals surface area contributed by atoms with E-state index in [9.17, 15) is 18.3 Å². The first kappa shape index (κ1) is 28.1. The Kier molecular flexibility index (Phi) is 7.60. The highest BCUT2D eigenvalue weighted by molar-refractivity contribution is 6.33. The molecule has 4 aromatic rings. The molecule has 1 saturated heterocycles. The van der Waals surface area contributed by atoms with E-state index in [1.54, 1.807) is 37.4 Å². The third kappa shape index (κ3) is 5.69. The van der Waals surface area contributed by atoms with Gasteiger partial charge in [0.05, 0.1) is 5.56 Å². The fourth-order valence-corrected chi connectivity index (χ4v) is 5.42. The molecule has 218 valence electrons. The van der Waals surface area contributed by atoms with Crippen molar-refractivity contribution >= 4 is 35.0 Å². The van der Waals surface area contributed by atoms with Gasteiger partial charge in [-0.3, -0.25) is 0 Å². The monoisotopic (exact) mass is 598 g/mol. The van der Waals surface area contributed by atoms with Gasteiger partial charge >= 0.3 is 6.18 Å². The number of nitrogens with zero attached hydrogens (tertiary/aromatic N) is 5. The van der Waals surface area contributed by atoms with Crippen LogP contribution in [0.2, 0.25) is 5.02 Å². The molecule has 6 rings (SSSR count). The van der Waals surface area contributed by atoms with Crippen molar-refractivity contribution in [3.05, 3.63) is 81.8 Å². The zero-order valence-corrected chi connectivity index (χ0v) is 23.2. The Hall–Kier alpha value is -4.00. The molecule has 0 radical (unpaired) electrons. The summed E-state index contributed by atoms with van der Waals surface area (Å²) in [5, 5.41) is 19.2. The highest BCUT2D eigenvalue weighted by atomic mass is 35.5. The van der Waals surface area contributed by atoms with Gasteiger partial charge in [0.25, 0.3) is 0 Å². The number of anilines is 2. The Morgan fingerprint density at radius 2 is 1.90 bits per heavy atom. The lowest BCUT2D eigenvalue weighted by Crippen LogP contribution is -2.39. The van der Waals surface area contributed by atoms with Crippen molar-refractivity contribution in [3.63, 3.8) is 0 Å². The Morgan fingerprint density at radius 3 is 2.62 bits per heavy atom. The smallest absolute Gasteiger partial charge is 0.381 e. The van der Waals surface area contributed by atoms with E-state index in [2.05, 4.69) is 25.4 Å². The third-order valence-electron chi connectivity index (χ3n) is 7.24. The predicted octanol–water partition coefficient (Wildman–Crippen LogP) is 5.98. The maximum Gasteiger partial charge on any atom is 0.416 e. The molecule has 4 heterocycles. The Morgan fingerprint density at radius 1 is 1.12 bits per heavy atom. The molecule has 9 nitrogen and oxygen atoms in total. The molecule has 2 N–H and O–H groups in total. The molecule has 0 saturated carbocycles. The van der Waals surface area contributed by atoms with E-state index in [0.29, 0.717) is 59.0 Å². The summed E-state index contributed by atoms with van der Waals surface area (Å²) in [7, 11) is 0. The van der Waals surface area contributed by atoms with Crippen molar-refractivity contribution in [3.8, 4) is 11.4 Å². The minimum absolute atomic E-state index is 0.0114. The van der Waals surface area contributed by atoms with Crippen LogP contribution in [0.4, 0.5) is 24.9 Å². The van der Waals surface area contributed by atoms with E-state index < -0.39 is 18.0 Å². The standard InChI is InChI=1S/C29H26ClF3N6O3/c1-16-35-25(38-42-16)17-6-7-21(24(30)13-17)22-12-19-14-34-28(36-20-8-10-41-11-9-20)37-26(19)39(27(22)40)15-18-4-2-3-5-23(18)29(31,32)33/h2-7,12-14,20,27,40H,8-11,15H2,1H3,(H,34,36,37). The second-order valence-electron chi connectivity index (χ2n) is 10.1. The molecule has 1 fully saturated rings. The quantitative estimate of drug-likeness (QED) is 0.277. The number of aryl methyl sites for hydroxylation is 1. The van der Waals surface area contributed by atoms with Gasteiger partial charge in [0.1, 0.15) is 5.82 Å². The number of rotatable bonds is 6. The van der Waals surface area contributed by atoms with Crippen LogP contribution in [-0.2, 0) is 17.5 Å². The normalized spacial score (nSPS) is 17.6. The molecule has 0 spiro atoms. The van der Waals surface area contributed by atoms with E-state index in [-0.39, 0.29) is 23.2 Å². The van der Waals surface area contributed by atoms with E-state index in [1.807, 2.05) is 0 Å². The zero-order chi connectivity index (χ0) is 29.4. The summed E-state index contributed by atoms with van der Waals surface area (Å²) in [4.78, 5) is 14.8. The largest absolute Gasteiger partial charge is 0.416 e. The maximum absolute atomic E-state index is 13.9. The van der Waals surface area contributed by atoms with E-state index in [1.165, 1.54) is 23.1 Å². The van der Waals surface area contributed by atoms with Gasteiger partial charge in [-0.1, -0.05) is 47.1 Å². The second kappa shape index (κ2) is 11.3. The van der Waals surface area contributed by atoms with Gasteiger partial charge in [0, 0.05) is 66.2 Å². The van der Waals surface area contributed by atoms with E-state index >= 15 is 0 Å². The van der Waals surface area contributed by atoms with E-state index in [0.717, 1.165) is 18.9 Å². The van der Waals surface area contributed by atoms with Crippen LogP contribution in [-0.4, -0.2) is 50.7 Å². The van der Waals surface area contributed by atoms with E-state index in [4.69, 9.17) is 20.9 Å². The van der Waals surface area contributed by atoms with Crippen LogP contribution in [0.25, 0.3) is 23.0 Å². The second-order valence-corrected chi connectivity index (χ2v) is 10.5. The zero-order valence-electron chi connectivity index (χ0n) is 22.4. The number of benzene rings is 2. The highest BCUT2D eigenvalue weighted by Crippen LogP contribution is 2.41. The van der Waals surface area contributed by atoms with Crippen LogP contribution in [0.1, 0.15) is 41.0 Å². The molecule has 13 heteroatoms. The van der Waals surface area contributed by atoms with Gasteiger partial charge in [-0.15, -0.1) is 0 Å². The number of hydrogen-bond donors (Lipinski definition) is 2. The molecule has 0 amide bonds. The number of alkyl halides is 3. The summed E-state index contributed by atoms with van der Waals surface area (Å²) in [6, 6.07) is 10.5. The first-order valence-electron chi connectivity index (χ1n) is 13.3. The van der Waals surface area contributed by atoms with Crippen LogP contribution in [0, 0.1) is 6.92 Å². The predicted molar refractivity (Wildman–Crippen MR) is 150 cm³/mol. The summed E-state index contributed by atoms with van der Waals surface area (Å²) in [6.45, 7) is 2.62. The van der Waals surface area contributed by atoms with Gasteiger partial charge in [0.2, 0.25) is 17.7 Å². The Bertz CT molecular complexity index is 1640. The molecular formula is C29H26ClF3N6O3. The van der Waals surface area contributed by atoms with Crippen molar-refractivity contribution in [2.75, 3.05) is 23.4 Å². The average molecular weight is 599 g/mol. The molecule has 0 bridgehead atoms. The molecule has 2 aromatic heterocycles. The molecule has 2 aliphatic heterocycles. The molecule has 42 heavy (non-hydrogen) atoms. The molecular weight excluding hydrogens is 573 g/mol. The summed E-state index contributed by atoms with van der Waals surface area (Å²) in [5.41, 5.74) is 1.19. The topological polar surface area (TPSA) is 109 Å². The van der Waals surface area contributed by atoms with Crippen molar-refractivity contribution in [2.24, 2.45) is 0 Å². The Balaban J connectivity index is 1.41. The summed E-state index contributed by atoms with van der Waals surface area (Å²) < 4.78 is 52.2. The number of halogens is 4. The SMILES string of the molecule is Cc1nc(-c2ccc(C3=Cc4cnc(NC5CCOCC5)nc4N(Cc4ccccc4C(F)(F)F)C3O)c(Cl)c2)no1. The van der Waals surface area contributed by atoms with Crippen LogP contribution >= 0.6 is 11.6 Å². The minimum Gasteiger partial charge on any atom is -0.381 e. The van der Waals surface area contributed by atoms with Crippen LogP contribution in [0.3, 0.4) is 0 Å². The van der Waals surface area contributed by atoms with Gasteiger partial charge in [-0.05, 0) is 36.6 Å². The maximum atomic E-state index is 13.9. The van der Waals surface area contributed by atoms with Crippen molar-refractivity contribution in [1.29, 1.82) is 0 Å². The minimum atomic E-state index is -4.58. The van der Waals surface area contributed by atoms with Gasteiger partial charge in [-0.25, -0.2) is 4.98 Å². The van der Waals surface area contributed by atoms with Gasteiger partial charge in [-0.2, -0.15) is 23.1 Å². The number of aliphatic hydroxyl groups excluding tert-OH is 1. The summed E-state index contributed by atoms with van der Waals surface area (Å²) in [5.74, 6) is 1.36. The van der Waals surface area contributed by atoms with Gasteiger partial charge < -0.3 is 24.6 Å². The third-order valence-corrected chi connectivity index (χ3v) is 7.55. The van der Waals surface area contributed by atoms with Crippen LogP contribution in [0.15, 0.2) is 53.2 Å².